The summed E-state index contributed by atoms with van der Waals surface area (Å²) in [5.74, 6) is 0. The van der Waals surface area contributed by atoms with Gasteiger partial charge in [-0.1, -0.05) is 6.92 Å². The Hall–Kier alpha value is -0.120. The van der Waals surface area contributed by atoms with Crippen molar-refractivity contribution in [1.29, 1.82) is 0 Å². The first-order chi connectivity index (χ1) is 3.83. The topological polar surface area (TPSA) is 60.4 Å². The van der Waals surface area contributed by atoms with Gasteiger partial charge in [0.15, 0.2) is 0 Å². The standard InChI is InChI=1S/C3H7O.C2H5O2/c1-2-3-4;3-1-2-4/h4H,1-3H2;3H,1-2H2. The number of aliphatic hydroxyl groups excluding tert-OH is 2. The third-order valence-corrected chi connectivity index (χ3v) is 0.249. The van der Waals surface area contributed by atoms with E-state index in [-0.39, 0.29) is 19.8 Å². The summed E-state index contributed by atoms with van der Waals surface area (Å²) < 4.78 is 0. The van der Waals surface area contributed by atoms with Crippen LogP contribution in [0.1, 0.15) is 6.42 Å². The van der Waals surface area contributed by atoms with Crippen LogP contribution in [-0.4, -0.2) is 30.0 Å². The fourth-order valence-corrected chi connectivity index (χ4v) is 0. The summed E-state index contributed by atoms with van der Waals surface area (Å²) in [5.41, 5.74) is 0. The van der Waals surface area contributed by atoms with Crippen LogP contribution in [0, 0.1) is 6.92 Å². The Balaban J connectivity index is 0. The first-order valence-corrected chi connectivity index (χ1v) is 2.42. The van der Waals surface area contributed by atoms with Crippen molar-refractivity contribution in [3.05, 3.63) is 6.92 Å². The summed E-state index contributed by atoms with van der Waals surface area (Å²) >= 11 is 0. The molecule has 0 amide bonds. The van der Waals surface area contributed by atoms with Gasteiger partial charge in [0.1, 0.15) is 6.61 Å². The highest BCUT2D eigenvalue weighted by Crippen LogP contribution is 1.60. The predicted molar refractivity (Wildman–Crippen MR) is 29.7 cm³/mol. The van der Waals surface area contributed by atoms with E-state index in [1.54, 1.807) is 0 Å². The van der Waals surface area contributed by atoms with Crippen LogP contribution in [0.3, 0.4) is 0 Å². The highest BCUT2D eigenvalue weighted by molar-refractivity contribution is 4.28. The SMILES string of the molecule is [CH2]CCO.[O]CCO. The monoisotopic (exact) mass is 120 g/mol. The molecule has 3 nitrogen and oxygen atoms in total. The average molecular weight is 120 g/mol. The minimum atomic E-state index is -0.375. The molecule has 0 aliphatic carbocycles. The molecule has 0 atom stereocenters. The van der Waals surface area contributed by atoms with Crippen LogP contribution < -0.4 is 0 Å². The van der Waals surface area contributed by atoms with Gasteiger partial charge in [-0.25, -0.2) is 5.11 Å². The van der Waals surface area contributed by atoms with Crippen molar-refractivity contribution in [3.8, 4) is 0 Å². The molecule has 0 saturated heterocycles. The number of rotatable bonds is 2. The van der Waals surface area contributed by atoms with Crippen LogP contribution in [0.5, 0.6) is 0 Å². The van der Waals surface area contributed by atoms with E-state index >= 15 is 0 Å². The van der Waals surface area contributed by atoms with E-state index in [1.807, 2.05) is 0 Å². The molecule has 0 unspecified atom stereocenters. The van der Waals surface area contributed by atoms with Gasteiger partial charge in [0.25, 0.3) is 0 Å². The molecule has 0 aliphatic rings. The maximum absolute atomic E-state index is 9.05. The third kappa shape index (κ3) is 39.6. The third-order valence-electron chi connectivity index (χ3n) is 0.249. The van der Waals surface area contributed by atoms with E-state index in [2.05, 4.69) is 6.92 Å². The van der Waals surface area contributed by atoms with Crippen LogP contribution in [0.15, 0.2) is 0 Å². The van der Waals surface area contributed by atoms with Gasteiger partial charge in [0.2, 0.25) is 0 Å². The van der Waals surface area contributed by atoms with Gasteiger partial charge >= 0.3 is 0 Å². The van der Waals surface area contributed by atoms with Crippen molar-refractivity contribution in [1.82, 2.24) is 0 Å². The van der Waals surface area contributed by atoms with Crippen LogP contribution in [0.4, 0.5) is 0 Å². The number of aliphatic hydroxyl groups is 2. The van der Waals surface area contributed by atoms with Gasteiger partial charge in [-0.15, -0.1) is 0 Å². The van der Waals surface area contributed by atoms with Crippen LogP contribution >= 0.6 is 0 Å². The largest absolute Gasteiger partial charge is 0.396 e. The Bertz CT molecular complexity index is 15.6. The molecule has 0 bridgehead atoms. The van der Waals surface area contributed by atoms with Crippen molar-refractivity contribution in [3.63, 3.8) is 0 Å². The molecule has 0 aromatic heterocycles. The molecule has 0 saturated carbocycles. The summed E-state index contributed by atoms with van der Waals surface area (Å²) in [5, 5.41) is 24.4. The van der Waals surface area contributed by atoms with Gasteiger partial charge in [0.05, 0.1) is 6.61 Å². The molecule has 8 heavy (non-hydrogen) atoms. The molecule has 50 valence electrons. The maximum Gasteiger partial charge on any atom is 0.105 e. The zero-order valence-electron chi connectivity index (χ0n) is 4.84. The predicted octanol–water partition coefficient (Wildman–Crippen LogP) is -0.388. The lowest BCUT2D eigenvalue weighted by Crippen LogP contribution is -1.82. The normalized spacial score (nSPS) is 7.50. The lowest BCUT2D eigenvalue weighted by atomic mass is 10.5. The van der Waals surface area contributed by atoms with E-state index in [4.69, 9.17) is 15.3 Å². The second kappa shape index (κ2) is 15.8. The molecule has 0 heterocycles. The molecular formula is C5H12O3. The van der Waals surface area contributed by atoms with Gasteiger partial charge in [-0.2, -0.15) is 0 Å². The minimum absolute atomic E-state index is 0.208. The summed E-state index contributed by atoms with van der Waals surface area (Å²) in [6, 6.07) is 0. The van der Waals surface area contributed by atoms with Gasteiger partial charge in [-0.3, -0.25) is 0 Å². The first kappa shape index (κ1) is 10.8. The quantitative estimate of drug-likeness (QED) is 0.521. The summed E-state index contributed by atoms with van der Waals surface area (Å²) in [6.45, 7) is 2.95. The lowest BCUT2D eigenvalue weighted by molar-refractivity contribution is 0.127. The Labute approximate surface area is 49.6 Å². The summed E-state index contributed by atoms with van der Waals surface area (Å²) in [7, 11) is 0. The number of hydrogen-bond donors (Lipinski definition) is 2. The summed E-state index contributed by atoms with van der Waals surface area (Å²) in [6.07, 6.45) is 0.625. The van der Waals surface area contributed by atoms with E-state index in [0.717, 1.165) is 0 Å². The van der Waals surface area contributed by atoms with Crippen LogP contribution in [-0.2, 0) is 5.11 Å². The molecule has 2 N–H and O–H groups in total. The van der Waals surface area contributed by atoms with Crippen LogP contribution in [0.2, 0.25) is 0 Å². The zero-order chi connectivity index (χ0) is 6.83. The Morgan fingerprint density at radius 2 is 1.50 bits per heavy atom. The molecule has 2 radical (unpaired) electrons. The van der Waals surface area contributed by atoms with Crippen molar-refractivity contribution in [2.75, 3.05) is 19.8 Å². The van der Waals surface area contributed by atoms with Crippen molar-refractivity contribution < 1.29 is 15.3 Å². The van der Waals surface area contributed by atoms with Crippen molar-refractivity contribution in [2.24, 2.45) is 0 Å². The molecule has 0 aromatic carbocycles. The average Bonchev–Trinajstić information content (AvgIpc) is 1.88. The molecule has 3 heteroatoms. The van der Waals surface area contributed by atoms with E-state index in [1.165, 1.54) is 0 Å². The fourth-order valence-electron chi connectivity index (χ4n) is 0. The lowest BCUT2D eigenvalue weighted by Gasteiger charge is -1.69. The highest BCUT2D eigenvalue weighted by Gasteiger charge is 1.61. The molecule has 0 fully saturated rings. The van der Waals surface area contributed by atoms with Gasteiger partial charge in [0, 0.05) is 6.61 Å². The van der Waals surface area contributed by atoms with Gasteiger partial charge < -0.3 is 10.2 Å². The zero-order valence-corrected chi connectivity index (χ0v) is 4.84. The van der Waals surface area contributed by atoms with Crippen molar-refractivity contribution >= 4 is 0 Å². The maximum atomic E-state index is 9.05. The smallest absolute Gasteiger partial charge is 0.105 e. The second-order valence-corrected chi connectivity index (χ2v) is 1.00. The Morgan fingerprint density at radius 3 is 1.50 bits per heavy atom. The summed E-state index contributed by atoms with van der Waals surface area (Å²) in [4.78, 5) is 0. The Morgan fingerprint density at radius 1 is 1.25 bits per heavy atom. The fraction of sp³-hybridized carbons (Fsp3) is 0.800. The molecule has 0 aliphatic heterocycles. The van der Waals surface area contributed by atoms with Gasteiger partial charge in [-0.05, 0) is 6.42 Å². The molecule has 0 aromatic rings. The second-order valence-electron chi connectivity index (χ2n) is 1.00. The molecule has 0 spiro atoms. The minimum Gasteiger partial charge on any atom is -0.396 e. The molecule has 0 rings (SSSR count). The number of hydrogen-bond acceptors (Lipinski definition) is 2. The van der Waals surface area contributed by atoms with Crippen molar-refractivity contribution in [2.45, 2.75) is 6.42 Å². The molecular weight excluding hydrogens is 108 g/mol. The van der Waals surface area contributed by atoms with Crippen LogP contribution in [0.25, 0.3) is 0 Å². The highest BCUT2D eigenvalue weighted by atomic mass is 16.3. The van der Waals surface area contributed by atoms with E-state index < -0.39 is 0 Å². The van der Waals surface area contributed by atoms with E-state index in [9.17, 15) is 0 Å². The van der Waals surface area contributed by atoms with E-state index in [0.29, 0.717) is 6.42 Å². The first-order valence-electron chi connectivity index (χ1n) is 2.42. The Kier molecular flexibility index (Phi) is 21.3.